The van der Waals surface area contributed by atoms with E-state index in [-0.39, 0.29) is 11.9 Å². The number of ether oxygens (including phenoxy) is 1. The van der Waals surface area contributed by atoms with E-state index in [4.69, 9.17) is 21.4 Å². The molecule has 0 radical (unpaired) electrons. The molecule has 2 aromatic carbocycles. The molecule has 0 aromatic heterocycles. The van der Waals surface area contributed by atoms with Crippen molar-refractivity contribution in [1.29, 1.82) is 0 Å². The molecule has 138 valence electrons. The molecule has 7 heteroatoms. The van der Waals surface area contributed by atoms with Gasteiger partial charge in [-0.1, -0.05) is 30.7 Å². The minimum absolute atomic E-state index is 0.192. The number of thioether (sulfide) groups is 1. The molecule has 0 bridgehead atoms. The SMILES string of the molecule is CCSc1ccc(Cl)cc1C(=O)NC(C)c1ccc(OCC(=O)O)cc1. The van der Waals surface area contributed by atoms with E-state index >= 15 is 0 Å². The topological polar surface area (TPSA) is 75.6 Å². The summed E-state index contributed by atoms with van der Waals surface area (Å²) in [5, 5.41) is 12.1. The van der Waals surface area contributed by atoms with Crippen LogP contribution < -0.4 is 10.1 Å². The maximum atomic E-state index is 12.6. The second-order valence-corrected chi connectivity index (χ2v) is 7.26. The Hall–Kier alpha value is -2.18. The lowest BCUT2D eigenvalue weighted by atomic mass is 10.1. The summed E-state index contributed by atoms with van der Waals surface area (Å²) in [7, 11) is 0. The number of hydrogen-bond acceptors (Lipinski definition) is 4. The lowest BCUT2D eigenvalue weighted by Gasteiger charge is -2.16. The highest BCUT2D eigenvalue weighted by molar-refractivity contribution is 7.99. The van der Waals surface area contributed by atoms with Gasteiger partial charge in [0.25, 0.3) is 5.91 Å². The molecule has 0 fully saturated rings. The number of rotatable bonds is 8. The van der Waals surface area contributed by atoms with Crippen molar-refractivity contribution in [2.24, 2.45) is 0 Å². The molecule has 2 aromatic rings. The van der Waals surface area contributed by atoms with Gasteiger partial charge in [0.05, 0.1) is 11.6 Å². The first-order chi connectivity index (χ1) is 12.4. The third kappa shape index (κ3) is 5.68. The smallest absolute Gasteiger partial charge is 0.341 e. The van der Waals surface area contributed by atoms with E-state index in [0.29, 0.717) is 16.3 Å². The Morgan fingerprint density at radius 2 is 1.92 bits per heavy atom. The number of halogens is 1. The van der Waals surface area contributed by atoms with Crippen LogP contribution in [0.25, 0.3) is 0 Å². The summed E-state index contributed by atoms with van der Waals surface area (Å²) >= 11 is 7.63. The molecule has 5 nitrogen and oxygen atoms in total. The van der Waals surface area contributed by atoms with E-state index in [9.17, 15) is 9.59 Å². The van der Waals surface area contributed by atoms with E-state index in [0.717, 1.165) is 16.2 Å². The Labute approximate surface area is 161 Å². The van der Waals surface area contributed by atoms with Crippen molar-refractivity contribution in [2.45, 2.75) is 24.8 Å². The largest absolute Gasteiger partial charge is 0.482 e. The molecule has 1 atom stereocenters. The van der Waals surface area contributed by atoms with Gasteiger partial charge >= 0.3 is 5.97 Å². The van der Waals surface area contributed by atoms with Gasteiger partial charge in [-0.05, 0) is 48.6 Å². The molecule has 26 heavy (non-hydrogen) atoms. The lowest BCUT2D eigenvalue weighted by molar-refractivity contribution is -0.139. The van der Waals surface area contributed by atoms with Crippen molar-refractivity contribution in [3.8, 4) is 5.75 Å². The summed E-state index contributed by atoms with van der Waals surface area (Å²) < 4.78 is 5.10. The van der Waals surface area contributed by atoms with Crippen molar-refractivity contribution in [3.05, 3.63) is 58.6 Å². The van der Waals surface area contributed by atoms with Gasteiger partial charge in [-0.15, -0.1) is 11.8 Å². The van der Waals surface area contributed by atoms with Crippen molar-refractivity contribution in [2.75, 3.05) is 12.4 Å². The molecule has 0 aliphatic carbocycles. The Bertz CT molecular complexity index is 780. The van der Waals surface area contributed by atoms with Crippen LogP contribution >= 0.6 is 23.4 Å². The second kappa shape index (κ2) is 9.50. The van der Waals surface area contributed by atoms with E-state index in [1.54, 1.807) is 48.2 Å². The van der Waals surface area contributed by atoms with Gasteiger partial charge in [-0.25, -0.2) is 4.79 Å². The second-order valence-electron chi connectivity index (χ2n) is 5.52. The Morgan fingerprint density at radius 3 is 2.54 bits per heavy atom. The fraction of sp³-hybridized carbons (Fsp3) is 0.263. The molecular formula is C19H20ClNO4S. The van der Waals surface area contributed by atoms with Crippen LogP contribution in [-0.2, 0) is 4.79 Å². The number of carboxylic acids is 1. The predicted octanol–water partition coefficient (Wildman–Crippen LogP) is 4.41. The average Bonchev–Trinajstić information content (AvgIpc) is 2.62. The summed E-state index contributed by atoms with van der Waals surface area (Å²) in [6.45, 7) is 3.51. The number of carbonyl (C=O) groups excluding carboxylic acids is 1. The van der Waals surface area contributed by atoms with Crippen LogP contribution in [0, 0.1) is 0 Å². The molecule has 0 saturated carbocycles. The van der Waals surface area contributed by atoms with Gasteiger partial charge in [-0.3, -0.25) is 4.79 Å². The quantitative estimate of drug-likeness (QED) is 0.650. The number of nitrogens with one attached hydrogen (secondary N) is 1. The highest BCUT2D eigenvalue weighted by atomic mass is 35.5. The van der Waals surface area contributed by atoms with Crippen molar-refractivity contribution in [1.82, 2.24) is 5.32 Å². The van der Waals surface area contributed by atoms with E-state index < -0.39 is 12.6 Å². The fourth-order valence-electron chi connectivity index (χ4n) is 2.32. The zero-order valence-electron chi connectivity index (χ0n) is 14.5. The molecule has 0 saturated heterocycles. The van der Waals surface area contributed by atoms with Crippen molar-refractivity contribution >= 4 is 35.2 Å². The minimum atomic E-state index is -1.03. The van der Waals surface area contributed by atoms with Crippen LogP contribution in [-0.4, -0.2) is 29.3 Å². The van der Waals surface area contributed by atoms with Crippen LogP contribution in [0.15, 0.2) is 47.4 Å². The maximum Gasteiger partial charge on any atom is 0.341 e. The summed E-state index contributed by atoms with van der Waals surface area (Å²) in [6, 6.07) is 12.0. The molecule has 0 aliphatic heterocycles. The van der Waals surface area contributed by atoms with Crippen LogP contribution in [0.5, 0.6) is 5.75 Å². The molecule has 0 spiro atoms. The molecule has 0 heterocycles. The number of aliphatic carboxylic acids is 1. The van der Waals surface area contributed by atoms with Gasteiger partial charge in [0, 0.05) is 9.92 Å². The molecule has 1 unspecified atom stereocenters. The first-order valence-corrected chi connectivity index (χ1v) is 9.44. The highest BCUT2D eigenvalue weighted by Crippen LogP contribution is 2.26. The molecular weight excluding hydrogens is 374 g/mol. The normalized spacial score (nSPS) is 11.7. The van der Waals surface area contributed by atoms with Crippen LogP contribution in [0.3, 0.4) is 0 Å². The van der Waals surface area contributed by atoms with Gasteiger partial charge < -0.3 is 15.2 Å². The monoisotopic (exact) mass is 393 g/mol. The highest BCUT2D eigenvalue weighted by Gasteiger charge is 2.16. The van der Waals surface area contributed by atoms with Crippen LogP contribution in [0.2, 0.25) is 5.02 Å². The first kappa shape index (κ1) is 20.1. The van der Waals surface area contributed by atoms with Gasteiger partial charge in [0.15, 0.2) is 6.61 Å². The number of carboxylic acid groups (broad SMARTS) is 1. The Balaban J connectivity index is 2.07. The Kier molecular flexibility index (Phi) is 7.36. The number of carbonyl (C=O) groups is 2. The van der Waals surface area contributed by atoms with Crippen molar-refractivity contribution < 1.29 is 19.4 Å². The number of hydrogen-bond donors (Lipinski definition) is 2. The van der Waals surface area contributed by atoms with E-state index in [2.05, 4.69) is 5.32 Å². The molecule has 2 rings (SSSR count). The summed E-state index contributed by atoms with van der Waals surface area (Å²) in [5.74, 6) is 0.0974. The number of benzene rings is 2. The fourth-order valence-corrected chi connectivity index (χ4v) is 3.27. The molecule has 1 amide bonds. The zero-order chi connectivity index (χ0) is 19.1. The summed E-state index contributed by atoms with van der Waals surface area (Å²) in [5.41, 5.74) is 1.44. The average molecular weight is 394 g/mol. The van der Waals surface area contributed by atoms with Gasteiger partial charge in [0.2, 0.25) is 0 Å². The Morgan fingerprint density at radius 1 is 1.23 bits per heavy atom. The minimum Gasteiger partial charge on any atom is -0.482 e. The van der Waals surface area contributed by atoms with E-state index in [1.165, 1.54) is 0 Å². The molecule has 0 aliphatic rings. The van der Waals surface area contributed by atoms with E-state index in [1.807, 2.05) is 19.9 Å². The molecule has 2 N–H and O–H groups in total. The third-order valence-corrected chi connectivity index (χ3v) is 4.77. The summed E-state index contributed by atoms with van der Waals surface area (Å²) in [6.07, 6.45) is 0. The number of amides is 1. The van der Waals surface area contributed by atoms with Crippen molar-refractivity contribution in [3.63, 3.8) is 0 Å². The first-order valence-electron chi connectivity index (χ1n) is 8.08. The van der Waals surface area contributed by atoms with Crippen LogP contribution in [0.4, 0.5) is 0 Å². The van der Waals surface area contributed by atoms with Gasteiger partial charge in [-0.2, -0.15) is 0 Å². The predicted molar refractivity (Wildman–Crippen MR) is 103 cm³/mol. The maximum absolute atomic E-state index is 12.6. The summed E-state index contributed by atoms with van der Waals surface area (Å²) in [4.78, 5) is 24.1. The van der Waals surface area contributed by atoms with Gasteiger partial charge in [0.1, 0.15) is 5.75 Å². The van der Waals surface area contributed by atoms with Crippen LogP contribution in [0.1, 0.15) is 35.8 Å². The third-order valence-electron chi connectivity index (χ3n) is 3.58. The standard InChI is InChI=1S/C19H20ClNO4S/c1-3-26-17-9-6-14(20)10-16(17)19(24)21-12(2)13-4-7-15(8-5-13)25-11-18(22)23/h4-10,12H,3,11H2,1-2H3,(H,21,24)(H,22,23). The zero-order valence-corrected chi connectivity index (χ0v) is 16.1. The lowest BCUT2D eigenvalue weighted by Crippen LogP contribution is -2.27.